The maximum absolute atomic E-state index is 12.7. The van der Waals surface area contributed by atoms with Crippen molar-refractivity contribution in [2.45, 2.75) is 20.8 Å². The zero-order valence-corrected chi connectivity index (χ0v) is 15.1. The van der Waals surface area contributed by atoms with E-state index in [-0.39, 0.29) is 11.5 Å². The fourth-order valence-electron chi connectivity index (χ4n) is 2.71. The van der Waals surface area contributed by atoms with Crippen LogP contribution >= 0.6 is 11.3 Å². The summed E-state index contributed by atoms with van der Waals surface area (Å²) < 4.78 is 6.61. The predicted octanol–water partition coefficient (Wildman–Crippen LogP) is 1.30. The van der Waals surface area contributed by atoms with Crippen molar-refractivity contribution in [2.24, 2.45) is 7.05 Å². The fraction of sp³-hybridized carbons (Fsp3) is 0.500. The Bertz CT molecular complexity index is 850. The van der Waals surface area contributed by atoms with Crippen molar-refractivity contribution >= 4 is 17.2 Å². The number of hydrogen-bond donors (Lipinski definition) is 0. The van der Waals surface area contributed by atoms with Gasteiger partial charge in [0.1, 0.15) is 9.88 Å². The standard InChI is InChI=1S/C16H20N4O3S/c1-9-10(2)18-19(4)15(21)12(9)14-17-11(3)13(24-14)16(22)20-5-7-23-8-6-20/h5-8H2,1-4H3. The zero-order valence-electron chi connectivity index (χ0n) is 14.3. The molecule has 128 valence electrons. The molecule has 0 N–H and O–H groups in total. The Morgan fingerprint density at radius 1 is 1.17 bits per heavy atom. The average molecular weight is 348 g/mol. The van der Waals surface area contributed by atoms with Crippen LogP contribution in [0.3, 0.4) is 0 Å². The first kappa shape index (κ1) is 16.8. The second kappa shape index (κ2) is 6.45. The van der Waals surface area contributed by atoms with E-state index in [1.54, 1.807) is 11.9 Å². The van der Waals surface area contributed by atoms with Crippen molar-refractivity contribution in [2.75, 3.05) is 26.3 Å². The number of carbonyl (C=O) groups excluding carboxylic acids is 1. The zero-order chi connectivity index (χ0) is 17.4. The first-order valence-corrected chi connectivity index (χ1v) is 8.61. The van der Waals surface area contributed by atoms with Gasteiger partial charge in [-0.25, -0.2) is 9.67 Å². The molecule has 0 aliphatic carbocycles. The van der Waals surface area contributed by atoms with Gasteiger partial charge in [-0.3, -0.25) is 9.59 Å². The summed E-state index contributed by atoms with van der Waals surface area (Å²) in [4.78, 5) is 32.1. The maximum atomic E-state index is 12.7. The highest BCUT2D eigenvalue weighted by atomic mass is 32.1. The average Bonchev–Trinajstić information content (AvgIpc) is 2.95. The second-order valence-corrected chi connectivity index (χ2v) is 6.85. The van der Waals surface area contributed by atoms with Crippen LogP contribution in [0.2, 0.25) is 0 Å². The van der Waals surface area contributed by atoms with Crippen molar-refractivity contribution in [3.8, 4) is 10.6 Å². The van der Waals surface area contributed by atoms with Gasteiger partial charge in [-0.05, 0) is 26.3 Å². The first-order chi connectivity index (χ1) is 11.4. The molecule has 1 aliphatic rings. The number of hydrogen-bond acceptors (Lipinski definition) is 6. The molecule has 3 heterocycles. The lowest BCUT2D eigenvalue weighted by atomic mass is 10.1. The Morgan fingerprint density at radius 3 is 2.50 bits per heavy atom. The molecule has 8 heteroatoms. The molecule has 2 aromatic rings. The van der Waals surface area contributed by atoms with Gasteiger partial charge in [-0.2, -0.15) is 5.10 Å². The lowest BCUT2D eigenvalue weighted by Gasteiger charge is -2.26. The third kappa shape index (κ3) is 2.87. The van der Waals surface area contributed by atoms with E-state index in [1.807, 2.05) is 20.8 Å². The van der Waals surface area contributed by atoms with E-state index in [0.717, 1.165) is 11.3 Å². The van der Waals surface area contributed by atoms with Crippen molar-refractivity contribution < 1.29 is 9.53 Å². The van der Waals surface area contributed by atoms with Crippen LogP contribution in [-0.2, 0) is 11.8 Å². The molecule has 1 aliphatic heterocycles. The minimum atomic E-state index is -0.197. The smallest absolute Gasteiger partial charge is 0.277 e. The van der Waals surface area contributed by atoms with Crippen molar-refractivity contribution in [1.82, 2.24) is 19.7 Å². The van der Waals surface area contributed by atoms with Crippen LogP contribution in [0.15, 0.2) is 4.79 Å². The number of nitrogens with zero attached hydrogens (tertiary/aromatic N) is 4. The quantitative estimate of drug-likeness (QED) is 0.818. The van der Waals surface area contributed by atoms with Crippen LogP contribution in [0, 0.1) is 20.8 Å². The van der Waals surface area contributed by atoms with E-state index < -0.39 is 0 Å². The number of rotatable bonds is 2. The van der Waals surface area contributed by atoms with E-state index in [1.165, 1.54) is 16.0 Å². The number of aromatic nitrogens is 3. The number of thiazole rings is 1. The highest BCUT2D eigenvalue weighted by molar-refractivity contribution is 7.17. The molecular formula is C16H20N4O3S. The normalized spacial score (nSPS) is 14.9. The molecule has 0 radical (unpaired) electrons. The van der Waals surface area contributed by atoms with Crippen LogP contribution < -0.4 is 5.56 Å². The van der Waals surface area contributed by atoms with Crippen molar-refractivity contribution in [1.29, 1.82) is 0 Å². The van der Waals surface area contributed by atoms with Crippen LogP contribution in [0.25, 0.3) is 10.6 Å². The molecule has 3 rings (SSSR count). The summed E-state index contributed by atoms with van der Waals surface area (Å²) in [6.45, 7) is 7.81. The topological polar surface area (TPSA) is 77.3 Å². The third-order valence-corrected chi connectivity index (χ3v) is 5.39. The van der Waals surface area contributed by atoms with Gasteiger partial charge < -0.3 is 9.64 Å². The first-order valence-electron chi connectivity index (χ1n) is 7.79. The molecule has 1 amide bonds. The lowest BCUT2D eigenvalue weighted by Crippen LogP contribution is -2.40. The van der Waals surface area contributed by atoms with E-state index in [9.17, 15) is 9.59 Å². The summed E-state index contributed by atoms with van der Waals surface area (Å²) in [5, 5.41) is 4.77. The largest absolute Gasteiger partial charge is 0.378 e. The number of aryl methyl sites for hydroxylation is 3. The molecule has 7 nitrogen and oxygen atoms in total. The number of amides is 1. The van der Waals surface area contributed by atoms with Crippen LogP contribution in [0.1, 0.15) is 26.6 Å². The van der Waals surface area contributed by atoms with Gasteiger partial charge in [0.25, 0.3) is 11.5 Å². The molecule has 2 aromatic heterocycles. The summed E-state index contributed by atoms with van der Waals surface area (Å²) >= 11 is 1.28. The minimum absolute atomic E-state index is 0.0418. The maximum Gasteiger partial charge on any atom is 0.277 e. The molecule has 1 fully saturated rings. The van der Waals surface area contributed by atoms with Gasteiger partial charge in [0.15, 0.2) is 0 Å². The molecule has 24 heavy (non-hydrogen) atoms. The summed E-state index contributed by atoms with van der Waals surface area (Å²) in [6, 6.07) is 0. The minimum Gasteiger partial charge on any atom is -0.378 e. The molecule has 0 bridgehead atoms. The monoisotopic (exact) mass is 348 g/mol. The summed E-state index contributed by atoms with van der Waals surface area (Å²) in [7, 11) is 1.62. The van der Waals surface area contributed by atoms with E-state index in [0.29, 0.717) is 47.4 Å². The van der Waals surface area contributed by atoms with Gasteiger partial charge in [-0.1, -0.05) is 0 Å². The van der Waals surface area contributed by atoms with Gasteiger partial charge in [0.05, 0.1) is 30.2 Å². The van der Waals surface area contributed by atoms with Gasteiger partial charge in [0.2, 0.25) is 0 Å². The molecule has 0 atom stereocenters. The van der Waals surface area contributed by atoms with E-state index in [2.05, 4.69) is 10.1 Å². The Balaban J connectivity index is 2.04. The number of carbonyl (C=O) groups is 1. The molecule has 0 aromatic carbocycles. The second-order valence-electron chi connectivity index (χ2n) is 5.85. The Hall–Kier alpha value is -2.06. The highest BCUT2D eigenvalue weighted by Gasteiger charge is 2.25. The Kier molecular flexibility index (Phi) is 4.51. The molecular weight excluding hydrogens is 328 g/mol. The summed E-state index contributed by atoms with van der Waals surface area (Å²) in [5.74, 6) is -0.0418. The SMILES string of the molecule is Cc1nc(-c2c(C)c(C)nn(C)c2=O)sc1C(=O)N1CCOCC1. The summed E-state index contributed by atoms with van der Waals surface area (Å²) in [6.07, 6.45) is 0. The molecule has 1 saturated heterocycles. The van der Waals surface area contributed by atoms with Crippen molar-refractivity contribution in [3.63, 3.8) is 0 Å². The predicted molar refractivity (Wildman–Crippen MR) is 91.5 cm³/mol. The van der Waals surface area contributed by atoms with E-state index in [4.69, 9.17) is 4.74 Å². The summed E-state index contributed by atoms with van der Waals surface area (Å²) in [5.41, 5.74) is 2.57. The Labute approximate surface area is 143 Å². The lowest BCUT2D eigenvalue weighted by molar-refractivity contribution is 0.0305. The van der Waals surface area contributed by atoms with Gasteiger partial charge in [-0.15, -0.1) is 11.3 Å². The number of ether oxygens (including phenoxy) is 1. The third-order valence-electron chi connectivity index (χ3n) is 4.23. The van der Waals surface area contributed by atoms with Crippen LogP contribution in [0.5, 0.6) is 0 Å². The molecule has 0 saturated carbocycles. The van der Waals surface area contributed by atoms with Gasteiger partial charge >= 0.3 is 0 Å². The molecule has 0 spiro atoms. The van der Waals surface area contributed by atoms with Gasteiger partial charge in [0, 0.05) is 20.1 Å². The van der Waals surface area contributed by atoms with Crippen LogP contribution in [0.4, 0.5) is 0 Å². The van der Waals surface area contributed by atoms with Crippen LogP contribution in [-0.4, -0.2) is 51.9 Å². The molecule has 0 unspecified atom stereocenters. The number of morpholine rings is 1. The fourth-order valence-corrected chi connectivity index (χ4v) is 3.84. The Morgan fingerprint density at radius 2 is 1.83 bits per heavy atom. The van der Waals surface area contributed by atoms with E-state index >= 15 is 0 Å². The highest BCUT2D eigenvalue weighted by Crippen LogP contribution is 2.29. The van der Waals surface area contributed by atoms with Crippen molar-refractivity contribution in [3.05, 3.63) is 32.2 Å².